The molecule has 1 aromatic carbocycles. The van der Waals surface area contributed by atoms with Crippen LogP contribution in [0.3, 0.4) is 0 Å². The minimum atomic E-state index is 0.369. The topological polar surface area (TPSA) is 30.5 Å². The highest BCUT2D eigenvalue weighted by molar-refractivity contribution is 9.10. The van der Waals surface area contributed by atoms with Crippen LogP contribution in [0.5, 0.6) is 5.75 Å². The van der Waals surface area contributed by atoms with Gasteiger partial charge in [0.05, 0.1) is 6.61 Å². The van der Waals surface area contributed by atoms with Crippen molar-refractivity contribution in [3.05, 3.63) is 27.7 Å². The number of hydrogen-bond donors (Lipinski definition) is 1. The molecule has 0 spiro atoms. The summed E-state index contributed by atoms with van der Waals surface area (Å²) in [5, 5.41) is 3.57. The summed E-state index contributed by atoms with van der Waals surface area (Å²) >= 11 is 3.57. The summed E-state index contributed by atoms with van der Waals surface area (Å²) in [4.78, 5) is 0. The lowest BCUT2D eigenvalue weighted by Crippen LogP contribution is -2.28. The molecule has 1 unspecified atom stereocenters. The maximum Gasteiger partial charge on any atom is 0.189 e. The molecule has 1 aromatic rings. The molecular formula is C13H16BrNO2. The molecule has 1 N–H and O–H groups in total. The standard InChI is InChI=1S/C13H16BrNO2/c14-10-5-9-7-16-8-17-13(9)11(6-10)12-3-1-2-4-15-12/h5-6,12,15H,1-4,7-8H2. The normalized spacial score (nSPS) is 23.9. The van der Waals surface area contributed by atoms with Crippen LogP contribution in [0.25, 0.3) is 0 Å². The lowest BCUT2D eigenvalue weighted by molar-refractivity contribution is -0.0175. The van der Waals surface area contributed by atoms with Crippen molar-refractivity contribution in [2.75, 3.05) is 13.3 Å². The number of hydrogen-bond acceptors (Lipinski definition) is 3. The Kier molecular flexibility index (Phi) is 3.36. The number of halogens is 1. The third-order valence-corrected chi connectivity index (χ3v) is 3.85. The van der Waals surface area contributed by atoms with Crippen molar-refractivity contribution in [1.82, 2.24) is 5.32 Å². The summed E-state index contributed by atoms with van der Waals surface area (Å²) < 4.78 is 12.1. The molecule has 1 fully saturated rings. The van der Waals surface area contributed by atoms with Crippen molar-refractivity contribution in [3.8, 4) is 5.75 Å². The molecule has 0 aliphatic carbocycles. The fraction of sp³-hybridized carbons (Fsp3) is 0.538. The van der Waals surface area contributed by atoms with Gasteiger partial charge < -0.3 is 14.8 Å². The van der Waals surface area contributed by atoms with E-state index >= 15 is 0 Å². The molecule has 2 aliphatic rings. The van der Waals surface area contributed by atoms with E-state index in [-0.39, 0.29) is 0 Å². The quantitative estimate of drug-likeness (QED) is 0.864. The second-order valence-electron chi connectivity index (χ2n) is 4.60. The van der Waals surface area contributed by atoms with Crippen LogP contribution in [-0.2, 0) is 11.3 Å². The molecule has 92 valence electrons. The highest BCUT2D eigenvalue weighted by atomic mass is 79.9. The Bertz CT molecular complexity index is 416. The van der Waals surface area contributed by atoms with Crippen molar-refractivity contribution in [1.29, 1.82) is 0 Å². The summed E-state index contributed by atoms with van der Waals surface area (Å²) in [5.74, 6) is 1.03. The minimum Gasteiger partial charge on any atom is -0.467 e. The van der Waals surface area contributed by atoms with E-state index in [1.165, 1.54) is 24.8 Å². The molecule has 1 atom stereocenters. The molecule has 0 aromatic heterocycles. The summed E-state index contributed by atoms with van der Waals surface area (Å²) in [6, 6.07) is 4.68. The molecule has 0 bridgehead atoms. The number of rotatable bonds is 1. The molecule has 1 saturated heterocycles. The summed E-state index contributed by atoms with van der Waals surface area (Å²) in [5.41, 5.74) is 2.42. The number of fused-ring (bicyclic) bond motifs is 1. The first-order valence-electron chi connectivity index (χ1n) is 6.11. The first-order chi connectivity index (χ1) is 8.34. The molecule has 2 heterocycles. The van der Waals surface area contributed by atoms with E-state index in [4.69, 9.17) is 9.47 Å². The number of ether oxygens (including phenoxy) is 2. The van der Waals surface area contributed by atoms with Gasteiger partial charge in [0, 0.05) is 21.6 Å². The largest absolute Gasteiger partial charge is 0.467 e. The van der Waals surface area contributed by atoms with Gasteiger partial charge in [0.2, 0.25) is 0 Å². The van der Waals surface area contributed by atoms with E-state index in [2.05, 4.69) is 33.4 Å². The van der Waals surface area contributed by atoms with Crippen LogP contribution in [0.2, 0.25) is 0 Å². The zero-order valence-corrected chi connectivity index (χ0v) is 11.3. The fourth-order valence-electron chi connectivity index (χ4n) is 2.58. The molecule has 3 rings (SSSR count). The lowest BCUT2D eigenvalue weighted by Gasteiger charge is -2.28. The first-order valence-corrected chi connectivity index (χ1v) is 6.90. The lowest BCUT2D eigenvalue weighted by atomic mass is 9.95. The van der Waals surface area contributed by atoms with E-state index in [1.54, 1.807) is 0 Å². The van der Waals surface area contributed by atoms with E-state index in [0.717, 1.165) is 22.3 Å². The van der Waals surface area contributed by atoms with Gasteiger partial charge in [0.25, 0.3) is 0 Å². The summed E-state index contributed by atoms with van der Waals surface area (Å²) in [6.07, 6.45) is 3.75. The van der Waals surface area contributed by atoms with Crippen molar-refractivity contribution in [2.24, 2.45) is 0 Å². The van der Waals surface area contributed by atoms with Gasteiger partial charge in [-0.3, -0.25) is 0 Å². The molecule has 0 amide bonds. The van der Waals surface area contributed by atoms with Crippen LogP contribution < -0.4 is 10.1 Å². The molecule has 0 saturated carbocycles. The molecule has 17 heavy (non-hydrogen) atoms. The van der Waals surface area contributed by atoms with Gasteiger partial charge in [0.1, 0.15) is 5.75 Å². The van der Waals surface area contributed by atoms with Crippen LogP contribution in [-0.4, -0.2) is 13.3 Å². The van der Waals surface area contributed by atoms with Gasteiger partial charge in [-0.1, -0.05) is 22.4 Å². The van der Waals surface area contributed by atoms with Gasteiger partial charge in [-0.05, 0) is 31.5 Å². The highest BCUT2D eigenvalue weighted by Crippen LogP contribution is 2.37. The Morgan fingerprint density at radius 2 is 2.24 bits per heavy atom. The molecular weight excluding hydrogens is 282 g/mol. The Morgan fingerprint density at radius 1 is 1.29 bits per heavy atom. The second kappa shape index (κ2) is 4.96. The van der Waals surface area contributed by atoms with Crippen LogP contribution in [0, 0.1) is 0 Å². The van der Waals surface area contributed by atoms with Gasteiger partial charge in [0.15, 0.2) is 6.79 Å². The Balaban J connectivity index is 1.98. The van der Waals surface area contributed by atoms with Crippen molar-refractivity contribution < 1.29 is 9.47 Å². The van der Waals surface area contributed by atoms with Crippen LogP contribution in [0.15, 0.2) is 16.6 Å². The maximum atomic E-state index is 5.68. The molecule has 0 radical (unpaired) electrons. The second-order valence-corrected chi connectivity index (χ2v) is 5.51. The van der Waals surface area contributed by atoms with E-state index in [0.29, 0.717) is 19.4 Å². The minimum absolute atomic E-state index is 0.369. The average Bonchev–Trinajstić information content (AvgIpc) is 2.39. The maximum absolute atomic E-state index is 5.68. The smallest absolute Gasteiger partial charge is 0.189 e. The van der Waals surface area contributed by atoms with Crippen molar-refractivity contribution in [3.63, 3.8) is 0 Å². The van der Waals surface area contributed by atoms with E-state index in [9.17, 15) is 0 Å². The zero-order valence-electron chi connectivity index (χ0n) is 9.67. The average molecular weight is 298 g/mol. The molecule has 3 nitrogen and oxygen atoms in total. The van der Waals surface area contributed by atoms with Crippen molar-refractivity contribution >= 4 is 15.9 Å². The highest BCUT2D eigenvalue weighted by Gasteiger charge is 2.23. The predicted molar refractivity (Wildman–Crippen MR) is 69.0 cm³/mol. The number of piperidine rings is 1. The Hall–Kier alpha value is -0.580. The van der Waals surface area contributed by atoms with E-state index in [1.807, 2.05) is 0 Å². The zero-order chi connectivity index (χ0) is 11.7. The van der Waals surface area contributed by atoms with Gasteiger partial charge >= 0.3 is 0 Å². The Labute approximate surface area is 110 Å². The van der Waals surface area contributed by atoms with Crippen molar-refractivity contribution in [2.45, 2.75) is 31.9 Å². The summed E-state index contributed by atoms with van der Waals surface area (Å²) in [7, 11) is 0. The Morgan fingerprint density at radius 3 is 3.06 bits per heavy atom. The molecule has 4 heteroatoms. The number of benzene rings is 1. The third-order valence-electron chi connectivity index (χ3n) is 3.39. The van der Waals surface area contributed by atoms with Gasteiger partial charge in [-0.2, -0.15) is 0 Å². The first kappa shape index (κ1) is 11.5. The predicted octanol–water partition coefficient (Wildman–Crippen LogP) is 3.13. The monoisotopic (exact) mass is 297 g/mol. The van der Waals surface area contributed by atoms with Crippen LogP contribution in [0.1, 0.15) is 36.4 Å². The number of nitrogens with one attached hydrogen (secondary N) is 1. The van der Waals surface area contributed by atoms with Crippen LogP contribution >= 0.6 is 15.9 Å². The van der Waals surface area contributed by atoms with Crippen LogP contribution in [0.4, 0.5) is 0 Å². The van der Waals surface area contributed by atoms with E-state index < -0.39 is 0 Å². The third kappa shape index (κ3) is 2.34. The van der Waals surface area contributed by atoms with Gasteiger partial charge in [-0.15, -0.1) is 0 Å². The fourth-order valence-corrected chi connectivity index (χ4v) is 3.11. The summed E-state index contributed by atoms with van der Waals surface area (Å²) in [6.45, 7) is 2.12. The SMILES string of the molecule is Brc1cc2c(c(C3CCCCN3)c1)OCOC2. The van der Waals surface area contributed by atoms with Gasteiger partial charge in [-0.25, -0.2) is 0 Å². The molecule has 2 aliphatic heterocycles.